The van der Waals surface area contributed by atoms with E-state index in [4.69, 9.17) is 0 Å². The molecule has 0 aliphatic carbocycles. The fraction of sp³-hybridized carbons (Fsp3) is 0.206. The van der Waals surface area contributed by atoms with E-state index >= 15 is 4.39 Å². The highest BCUT2D eigenvalue weighted by atomic mass is 19.1. The van der Waals surface area contributed by atoms with Crippen molar-refractivity contribution in [1.82, 2.24) is 20.0 Å². The molecule has 7 heteroatoms. The van der Waals surface area contributed by atoms with Crippen LogP contribution in [-0.4, -0.2) is 39.0 Å². The molecule has 1 amide bonds. The zero-order chi connectivity index (χ0) is 27.9. The number of hydrogen-bond donors (Lipinski definition) is 1. The zero-order valence-corrected chi connectivity index (χ0v) is 22.5. The van der Waals surface area contributed by atoms with Crippen LogP contribution in [0, 0.1) is 5.82 Å². The van der Waals surface area contributed by atoms with Gasteiger partial charge in [-0.25, -0.2) is 9.49 Å². The Morgan fingerprint density at radius 3 is 2.54 bits per heavy atom. The summed E-state index contributed by atoms with van der Waals surface area (Å²) in [5, 5.41) is 8.11. The smallest absolute Gasteiger partial charge is 0.272 e. The molecule has 1 aromatic heterocycles. The third kappa shape index (κ3) is 4.72. The molecule has 0 saturated carbocycles. The van der Waals surface area contributed by atoms with Gasteiger partial charge in [-0.3, -0.25) is 14.5 Å². The monoisotopic (exact) mass is 544 g/mol. The van der Waals surface area contributed by atoms with Crippen molar-refractivity contribution in [2.75, 3.05) is 13.1 Å². The summed E-state index contributed by atoms with van der Waals surface area (Å²) in [6, 6.07) is 28.7. The lowest BCUT2D eigenvalue weighted by Gasteiger charge is -2.44. The predicted molar refractivity (Wildman–Crippen MR) is 156 cm³/mol. The van der Waals surface area contributed by atoms with Crippen LogP contribution >= 0.6 is 0 Å². The summed E-state index contributed by atoms with van der Waals surface area (Å²) in [4.78, 5) is 30.4. The van der Waals surface area contributed by atoms with Gasteiger partial charge in [-0.2, -0.15) is 5.10 Å². The predicted octanol–water partition coefficient (Wildman–Crippen LogP) is 5.41. The summed E-state index contributed by atoms with van der Waals surface area (Å²) in [7, 11) is 0. The Labute approximate surface area is 237 Å². The number of H-pyrrole nitrogens is 1. The van der Waals surface area contributed by atoms with Gasteiger partial charge < -0.3 is 4.90 Å². The van der Waals surface area contributed by atoms with E-state index in [2.05, 4.69) is 57.6 Å². The Bertz CT molecular complexity index is 1830. The molecule has 2 aliphatic heterocycles. The molecule has 0 spiro atoms. The molecule has 1 unspecified atom stereocenters. The first-order chi connectivity index (χ1) is 20.0. The van der Waals surface area contributed by atoms with Gasteiger partial charge in [0.15, 0.2) is 0 Å². The molecule has 41 heavy (non-hydrogen) atoms. The van der Waals surface area contributed by atoms with Gasteiger partial charge >= 0.3 is 0 Å². The summed E-state index contributed by atoms with van der Waals surface area (Å²) in [6.07, 6.45) is 1.34. The number of aromatic amines is 1. The third-order valence-corrected chi connectivity index (χ3v) is 8.41. The maximum absolute atomic E-state index is 15.2. The molecule has 3 heterocycles. The minimum absolute atomic E-state index is 0.0517. The summed E-state index contributed by atoms with van der Waals surface area (Å²) in [5.41, 5.74) is 6.26. The molecule has 6 nitrogen and oxygen atoms in total. The molecule has 1 N–H and O–H groups in total. The van der Waals surface area contributed by atoms with Gasteiger partial charge in [0, 0.05) is 38.0 Å². The Morgan fingerprint density at radius 1 is 0.902 bits per heavy atom. The molecule has 0 saturated heterocycles. The number of carbonyl (C=O) groups excluding carboxylic acids is 1. The fourth-order valence-corrected chi connectivity index (χ4v) is 6.42. The second-order valence-electron chi connectivity index (χ2n) is 10.9. The third-order valence-electron chi connectivity index (χ3n) is 8.41. The van der Waals surface area contributed by atoms with E-state index < -0.39 is 5.82 Å². The number of benzene rings is 4. The van der Waals surface area contributed by atoms with Crippen molar-refractivity contribution < 1.29 is 9.18 Å². The molecule has 2 aliphatic rings. The van der Waals surface area contributed by atoms with Crippen molar-refractivity contribution in [2.45, 2.75) is 32.0 Å². The van der Waals surface area contributed by atoms with Gasteiger partial charge in [-0.1, -0.05) is 72.8 Å². The quantitative estimate of drug-likeness (QED) is 0.321. The summed E-state index contributed by atoms with van der Waals surface area (Å²) in [6.45, 7) is 2.66. The van der Waals surface area contributed by atoms with Crippen LogP contribution in [0.15, 0.2) is 95.8 Å². The van der Waals surface area contributed by atoms with Crippen LogP contribution in [0.5, 0.6) is 0 Å². The van der Waals surface area contributed by atoms with Crippen molar-refractivity contribution in [3.63, 3.8) is 0 Å². The lowest BCUT2D eigenvalue weighted by molar-refractivity contribution is 0.0588. The second kappa shape index (κ2) is 10.4. The van der Waals surface area contributed by atoms with Crippen LogP contribution in [0.1, 0.15) is 49.9 Å². The molecule has 1 atom stereocenters. The van der Waals surface area contributed by atoms with E-state index in [-0.39, 0.29) is 23.1 Å². The topological polar surface area (TPSA) is 69.3 Å². The number of halogens is 1. The molecular weight excluding hydrogens is 515 g/mol. The first-order valence-corrected chi connectivity index (χ1v) is 14.0. The number of aromatic nitrogens is 2. The molecular formula is C34H29FN4O2. The van der Waals surface area contributed by atoms with E-state index in [0.29, 0.717) is 30.6 Å². The number of rotatable bonds is 5. The largest absolute Gasteiger partial charge is 0.332 e. The SMILES string of the molecule is O=C(c1cc(Cc2n[nH]c(=O)c3ccccc23)ccc1F)N1Cc2cccc3c2C(C1)N(Cc1ccccc1)CC3. The number of nitrogens with one attached hydrogen (secondary N) is 1. The molecule has 7 rings (SSSR count). The number of nitrogens with zero attached hydrogens (tertiary/aromatic N) is 3. The van der Waals surface area contributed by atoms with Gasteiger partial charge in [0.25, 0.3) is 11.5 Å². The number of fused-ring (bicyclic) bond motifs is 1. The van der Waals surface area contributed by atoms with Crippen LogP contribution < -0.4 is 5.56 Å². The highest BCUT2D eigenvalue weighted by molar-refractivity contribution is 5.95. The van der Waals surface area contributed by atoms with Crippen LogP contribution in [0.3, 0.4) is 0 Å². The van der Waals surface area contributed by atoms with Gasteiger partial charge in [-0.15, -0.1) is 0 Å². The van der Waals surface area contributed by atoms with E-state index in [1.807, 2.05) is 24.3 Å². The maximum Gasteiger partial charge on any atom is 0.272 e. The molecule has 4 aromatic carbocycles. The van der Waals surface area contributed by atoms with E-state index in [0.717, 1.165) is 36.0 Å². The molecule has 0 fully saturated rings. The van der Waals surface area contributed by atoms with Crippen LogP contribution in [-0.2, 0) is 25.9 Å². The Kier molecular flexibility index (Phi) is 6.44. The second-order valence-corrected chi connectivity index (χ2v) is 10.9. The molecule has 5 aromatic rings. The fourth-order valence-electron chi connectivity index (χ4n) is 6.42. The van der Waals surface area contributed by atoms with E-state index in [1.165, 1.54) is 22.8 Å². The van der Waals surface area contributed by atoms with E-state index in [1.54, 1.807) is 23.1 Å². The minimum Gasteiger partial charge on any atom is -0.332 e. The zero-order valence-electron chi connectivity index (χ0n) is 22.5. The molecule has 0 bridgehead atoms. The average molecular weight is 545 g/mol. The van der Waals surface area contributed by atoms with Crippen molar-refractivity contribution in [3.8, 4) is 0 Å². The van der Waals surface area contributed by atoms with Crippen molar-refractivity contribution in [1.29, 1.82) is 0 Å². The Morgan fingerprint density at radius 2 is 1.68 bits per heavy atom. The van der Waals surface area contributed by atoms with Gasteiger partial charge in [-0.05, 0) is 52.4 Å². The van der Waals surface area contributed by atoms with E-state index in [9.17, 15) is 9.59 Å². The average Bonchev–Trinajstić information content (AvgIpc) is 3.01. The summed E-state index contributed by atoms with van der Waals surface area (Å²) >= 11 is 0. The highest BCUT2D eigenvalue weighted by Gasteiger charge is 2.36. The maximum atomic E-state index is 15.2. The normalized spacial score (nSPS) is 16.5. The number of amides is 1. The van der Waals surface area contributed by atoms with Crippen molar-refractivity contribution in [3.05, 3.63) is 146 Å². The molecule has 0 radical (unpaired) electrons. The first-order valence-electron chi connectivity index (χ1n) is 14.0. The molecule has 204 valence electrons. The van der Waals surface area contributed by atoms with Crippen LogP contribution in [0.25, 0.3) is 10.8 Å². The van der Waals surface area contributed by atoms with Gasteiger partial charge in [0.1, 0.15) is 5.82 Å². The summed E-state index contributed by atoms with van der Waals surface area (Å²) in [5.74, 6) is -0.854. The lowest BCUT2D eigenvalue weighted by atomic mass is 9.85. The highest BCUT2D eigenvalue weighted by Crippen LogP contribution is 2.38. The number of carbonyl (C=O) groups is 1. The van der Waals surface area contributed by atoms with Crippen LogP contribution in [0.2, 0.25) is 0 Å². The Balaban J connectivity index is 1.19. The van der Waals surface area contributed by atoms with Gasteiger partial charge in [0.05, 0.1) is 22.7 Å². The standard InChI is InChI=1S/C34H29FN4O2/c35-29-14-13-23(18-30-26-11-4-5-12-27(26)33(40)37-36-30)17-28(29)34(41)39-20-25-10-6-9-24-15-16-38(31(21-39)32(24)25)19-22-7-2-1-3-8-22/h1-14,17,31H,15-16,18-21H2,(H,37,40). The number of hydrogen-bond acceptors (Lipinski definition) is 4. The van der Waals surface area contributed by atoms with Crippen LogP contribution in [0.4, 0.5) is 4.39 Å². The first kappa shape index (κ1) is 25.4. The Hall–Kier alpha value is -4.62. The van der Waals surface area contributed by atoms with Crippen molar-refractivity contribution >= 4 is 16.7 Å². The minimum atomic E-state index is -0.539. The van der Waals surface area contributed by atoms with Gasteiger partial charge in [0.2, 0.25) is 0 Å². The lowest BCUT2D eigenvalue weighted by Crippen LogP contribution is -2.47. The van der Waals surface area contributed by atoms with Crippen molar-refractivity contribution in [2.24, 2.45) is 0 Å². The summed E-state index contributed by atoms with van der Waals surface area (Å²) < 4.78 is 15.2.